The molecule has 24 heavy (non-hydrogen) atoms. The molecule has 3 aromatic rings. The Labute approximate surface area is 140 Å². The Morgan fingerprint density at radius 2 is 2.08 bits per heavy atom. The maximum absolute atomic E-state index is 15.0. The molecule has 0 aliphatic heterocycles. The number of rotatable bonds is 4. The molecule has 1 aromatic carbocycles. The van der Waals surface area contributed by atoms with Gasteiger partial charge in [0.25, 0.3) is 0 Å². The molecule has 2 aromatic heterocycles. The van der Waals surface area contributed by atoms with E-state index in [1.807, 2.05) is 13.8 Å². The Bertz CT molecular complexity index is 941. The van der Waals surface area contributed by atoms with E-state index in [9.17, 15) is 9.18 Å². The summed E-state index contributed by atoms with van der Waals surface area (Å²) in [6.45, 7) is 3.74. The van der Waals surface area contributed by atoms with E-state index < -0.39 is 11.6 Å². The van der Waals surface area contributed by atoms with Crippen LogP contribution in [0.15, 0.2) is 18.3 Å². The van der Waals surface area contributed by atoms with Crippen LogP contribution in [0.3, 0.4) is 0 Å². The summed E-state index contributed by atoms with van der Waals surface area (Å²) in [5.74, 6) is -1.51. The number of hydrogen-bond donors (Lipinski definition) is 1. The maximum atomic E-state index is 15.0. The first-order valence-electron chi connectivity index (χ1n) is 7.03. The third kappa shape index (κ3) is 2.58. The van der Waals surface area contributed by atoms with Crippen molar-refractivity contribution in [1.82, 2.24) is 19.7 Å². The second-order valence-electron chi connectivity index (χ2n) is 5.31. The zero-order chi connectivity index (χ0) is 17.4. The van der Waals surface area contributed by atoms with Gasteiger partial charge in [-0.25, -0.2) is 18.7 Å². The van der Waals surface area contributed by atoms with Crippen LogP contribution in [-0.2, 0) is 4.79 Å². The van der Waals surface area contributed by atoms with Crippen molar-refractivity contribution in [3.63, 3.8) is 0 Å². The monoisotopic (exact) mass is 351 g/mol. The lowest BCUT2D eigenvalue weighted by Gasteiger charge is -2.08. The summed E-state index contributed by atoms with van der Waals surface area (Å²) in [5.41, 5.74) is 0.112. The molecule has 1 amide bonds. The van der Waals surface area contributed by atoms with Gasteiger partial charge in [-0.1, -0.05) is 0 Å². The quantitative estimate of drug-likeness (QED) is 0.576. The molecule has 9 heteroatoms. The summed E-state index contributed by atoms with van der Waals surface area (Å²) in [5, 5.41) is 6.43. The molecular weight excluding hydrogens is 340 g/mol. The standard InChI is InChI=1S/C15H12ClF2N5O/c1-7(2)23-10-4-3-8(13-9(17)5-19-15(16)21-13)12(18)11(10)14(22-23)20-6-24/h3-7H,1-2H3,(H,20,22,24). The molecular formula is C15H12ClF2N5O. The van der Waals surface area contributed by atoms with Gasteiger partial charge < -0.3 is 5.32 Å². The minimum absolute atomic E-state index is 0.0496. The van der Waals surface area contributed by atoms with Gasteiger partial charge in [-0.3, -0.25) is 9.48 Å². The molecule has 124 valence electrons. The first-order valence-corrected chi connectivity index (χ1v) is 7.41. The Balaban J connectivity index is 2.33. The van der Waals surface area contributed by atoms with Crippen LogP contribution in [0.5, 0.6) is 0 Å². The van der Waals surface area contributed by atoms with Crippen LogP contribution < -0.4 is 5.32 Å². The van der Waals surface area contributed by atoms with Crippen molar-refractivity contribution in [3.8, 4) is 11.3 Å². The fourth-order valence-electron chi connectivity index (χ4n) is 2.46. The van der Waals surface area contributed by atoms with Crippen LogP contribution >= 0.6 is 11.6 Å². The third-order valence-electron chi connectivity index (χ3n) is 3.47. The highest BCUT2D eigenvalue weighted by atomic mass is 35.5. The highest BCUT2D eigenvalue weighted by Crippen LogP contribution is 2.34. The molecule has 2 heterocycles. The van der Waals surface area contributed by atoms with Gasteiger partial charge in [0.05, 0.1) is 17.1 Å². The lowest BCUT2D eigenvalue weighted by molar-refractivity contribution is -0.105. The van der Waals surface area contributed by atoms with Gasteiger partial charge in [0.15, 0.2) is 11.6 Å². The number of carbonyl (C=O) groups excluding carboxylic acids is 1. The molecule has 0 unspecified atom stereocenters. The zero-order valence-corrected chi connectivity index (χ0v) is 13.5. The van der Waals surface area contributed by atoms with E-state index in [2.05, 4.69) is 20.4 Å². The van der Waals surface area contributed by atoms with Gasteiger partial charge in [0, 0.05) is 11.6 Å². The Morgan fingerprint density at radius 1 is 1.33 bits per heavy atom. The van der Waals surface area contributed by atoms with Crippen LogP contribution in [0.4, 0.5) is 14.6 Å². The minimum Gasteiger partial charge on any atom is -0.311 e. The fraction of sp³-hybridized carbons (Fsp3) is 0.200. The normalized spacial score (nSPS) is 11.2. The van der Waals surface area contributed by atoms with Crippen LogP contribution in [0.25, 0.3) is 22.2 Å². The molecule has 0 aliphatic carbocycles. The van der Waals surface area contributed by atoms with Crippen LogP contribution in [0.1, 0.15) is 19.9 Å². The SMILES string of the molecule is CC(C)n1nc(NC=O)c2c(F)c(-c3nc(Cl)ncc3F)ccc21. The summed E-state index contributed by atoms with van der Waals surface area (Å²) in [4.78, 5) is 18.0. The van der Waals surface area contributed by atoms with E-state index in [1.54, 1.807) is 10.7 Å². The van der Waals surface area contributed by atoms with E-state index in [0.717, 1.165) is 6.20 Å². The predicted molar refractivity (Wildman–Crippen MR) is 85.8 cm³/mol. The first kappa shape index (κ1) is 16.3. The highest BCUT2D eigenvalue weighted by molar-refractivity contribution is 6.28. The zero-order valence-electron chi connectivity index (χ0n) is 12.7. The van der Waals surface area contributed by atoms with Gasteiger partial charge in [-0.05, 0) is 37.6 Å². The third-order valence-corrected chi connectivity index (χ3v) is 3.65. The van der Waals surface area contributed by atoms with E-state index in [1.165, 1.54) is 6.07 Å². The van der Waals surface area contributed by atoms with E-state index in [-0.39, 0.29) is 33.8 Å². The number of fused-ring (bicyclic) bond motifs is 1. The second-order valence-corrected chi connectivity index (χ2v) is 5.64. The Hall–Kier alpha value is -2.61. The summed E-state index contributed by atoms with van der Waals surface area (Å²) in [6.07, 6.45) is 1.27. The van der Waals surface area contributed by atoms with Gasteiger partial charge in [-0.15, -0.1) is 0 Å². The topological polar surface area (TPSA) is 72.7 Å². The number of anilines is 1. The molecule has 0 spiro atoms. The minimum atomic E-state index is -0.807. The molecule has 0 bridgehead atoms. The molecule has 0 fully saturated rings. The number of hydrogen-bond acceptors (Lipinski definition) is 4. The number of benzene rings is 1. The predicted octanol–water partition coefficient (Wildman–Crippen LogP) is 3.57. The average molecular weight is 352 g/mol. The van der Waals surface area contributed by atoms with Crippen molar-refractivity contribution >= 4 is 34.7 Å². The number of nitrogens with zero attached hydrogens (tertiary/aromatic N) is 4. The van der Waals surface area contributed by atoms with Crippen molar-refractivity contribution < 1.29 is 13.6 Å². The maximum Gasteiger partial charge on any atom is 0.223 e. The molecule has 0 saturated carbocycles. The summed E-state index contributed by atoms with van der Waals surface area (Å²) in [7, 11) is 0. The van der Waals surface area contributed by atoms with Crippen LogP contribution in [-0.4, -0.2) is 26.2 Å². The summed E-state index contributed by atoms with van der Waals surface area (Å²) >= 11 is 5.68. The number of nitrogens with one attached hydrogen (secondary N) is 1. The van der Waals surface area contributed by atoms with E-state index >= 15 is 4.39 Å². The average Bonchev–Trinajstić information content (AvgIpc) is 2.91. The molecule has 0 atom stereocenters. The molecule has 0 aliphatic rings. The van der Waals surface area contributed by atoms with Crippen molar-refractivity contribution in [1.29, 1.82) is 0 Å². The largest absolute Gasteiger partial charge is 0.311 e. The van der Waals surface area contributed by atoms with Crippen LogP contribution in [0.2, 0.25) is 5.28 Å². The molecule has 3 rings (SSSR count). The Morgan fingerprint density at radius 3 is 2.75 bits per heavy atom. The number of aromatic nitrogens is 4. The smallest absolute Gasteiger partial charge is 0.223 e. The molecule has 0 radical (unpaired) electrons. The van der Waals surface area contributed by atoms with E-state index in [0.29, 0.717) is 11.9 Å². The highest BCUT2D eigenvalue weighted by Gasteiger charge is 2.22. The number of halogens is 3. The first-order chi connectivity index (χ1) is 11.4. The lowest BCUT2D eigenvalue weighted by Crippen LogP contribution is -2.03. The summed E-state index contributed by atoms with van der Waals surface area (Å²) < 4.78 is 30.6. The summed E-state index contributed by atoms with van der Waals surface area (Å²) in [6, 6.07) is 2.92. The molecule has 0 saturated heterocycles. The number of amides is 1. The van der Waals surface area contributed by atoms with Crippen molar-refractivity contribution in [2.75, 3.05) is 5.32 Å². The number of carbonyl (C=O) groups is 1. The van der Waals surface area contributed by atoms with Crippen molar-refractivity contribution in [2.24, 2.45) is 0 Å². The Kier molecular flexibility index (Phi) is 4.15. The van der Waals surface area contributed by atoms with E-state index in [4.69, 9.17) is 11.6 Å². The van der Waals surface area contributed by atoms with Gasteiger partial charge >= 0.3 is 0 Å². The van der Waals surface area contributed by atoms with Gasteiger partial charge in [0.1, 0.15) is 11.5 Å². The van der Waals surface area contributed by atoms with Crippen LogP contribution in [0, 0.1) is 11.6 Å². The lowest BCUT2D eigenvalue weighted by atomic mass is 10.1. The second kappa shape index (κ2) is 6.12. The van der Waals surface area contributed by atoms with Crippen molar-refractivity contribution in [2.45, 2.75) is 19.9 Å². The molecule has 1 N–H and O–H groups in total. The fourth-order valence-corrected chi connectivity index (χ4v) is 2.59. The van der Waals surface area contributed by atoms with Crippen molar-refractivity contribution in [3.05, 3.63) is 35.2 Å². The molecule has 6 nitrogen and oxygen atoms in total. The van der Waals surface area contributed by atoms with Gasteiger partial charge in [0.2, 0.25) is 11.7 Å². The van der Waals surface area contributed by atoms with Gasteiger partial charge in [-0.2, -0.15) is 5.10 Å².